The largest absolute Gasteiger partial charge is 0.494 e. The Morgan fingerprint density at radius 3 is 2.33 bits per heavy atom. The number of para-hydroxylation sites is 1. The Balaban J connectivity index is -0.00000235. The van der Waals surface area contributed by atoms with Crippen LogP contribution in [0.2, 0.25) is 0 Å². The van der Waals surface area contributed by atoms with E-state index in [9.17, 15) is 14.2 Å². The summed E-state index contributed by atoms with van der Waals surface area (Å²) in [7, 11) is -3.89. The second kappa shape index (κ2) is 16.4. The third-order valence-electron chi connectivity index (χ3n) is 5.90. The predicted molar refractivity (Wildman–Crippen MR) is 154 cm³/mol. The van der Waals surface area contributed by atoms with Crippen LogP contribution in [0.25, 0.3) is 0 Å². The molecule has 1 aliphatic rings. The van der Waals surface area contributed by atoms with Crippen molar-refractivity contribution in [3.63, 3.8) is 0 Å². The Kier molecular flexibility index (Phi) is 15.2. The third kappa shape index (κ3) is 10.1. The van der Waals surface area contributed by atoms with Crippen molar-refractivity contribution >= 4 is 7.75 Å². The smallest absolute Gasteiger partial charge is 0.459 e. The van der Waals surface area contributed by atoms with Crippen molar-refractivity contribution < 1.29 is 36.1 Å². The van der Waals surface area contributed by atoms with Crippen molar-refractivity contribution in [1.29, 1.82) is 0 Å². The van der Waals surface area contributed by atoms with Crippen molar-refractivity contribution in [2.24, 2.45) is 11.8 Å². The minimum absolute atomic E-state index is 0. The number of benzene rings is 1. The Morgan fingerprint density at radius 2 is 1.77 bits per heavy atom. The summed E-state index contributed by atoms with van der Waals surface area (Å²) in [5, 5.41) is 2.89. The van der Waals surface area contributed by atoms with Crippen LogP contribution in [0, 0.1) is 11.8 Å². The maximum atomic E-state index is 13.8. The zero-order valence-electron chi connectivity index (χ0n) is 23.6. The molecule has 1 unspecified atom stereocenters. The monoisotopic (exact) mass is 579 g/mol. The number of nitrogens with one attached hydrogen (secondary N) is 2. The Labute approximate surface area is 231 Å². The molecule has 1 aromatic carbocycles. The van der Waals surface area contributed by atoms with Crippen LogP contribution < -0.4 is 20.9 Å². The number of rotatable bonds is 11. The lowest BCUT2D eigenvalue weighted by atomic mass is 9.93. The third-order valence-corrected chi connectivity index (χ3v) is 7.55. The van der Waals surface area contributed by atoms with Crippen LogP contribution in [0.4, 0.5) is 4.70 Å². The molecule has 0 bridgehead atoms. The fraction of sp³-hybridized carbons (Fsp3) is 0.538. The number of hydrogen-bond donors (Lipinski definition) is 2. The molecule has 0 amide bonds. The van der Waals surface area contributed by atoms with E-state index >= 15 is 0 Å². The molecule has 1 aromatic heterocycles. The van der Waals surface area contributed by atoms with Crippen molar-refractivity contribution in [2.45, 2.75) is 72.9 Å². The molecule has 0 spiro atoms. The highest BCUT2D eigenvalue weighted by atomic mass is 31.2. The summed E-state index contributed by atoms with van der Waals surface area (Å²) < 4.78 is 38.5. The van der Waals surface area contributed by atoms with Gasteiger partial charge in [0.15, 0.2) is 0 Å². The van der Waals surface area contributed by atoms with Gasteiger partial charge in [-0.05, 0) is 38.8 Å². The van der Waals surface area contributed by atoms with Gasteiger partial charge in [0.1, 0.15) is 17.7 Å². The molecule has 0 radical (unpaired) electrons. The molecule has 1 fully saturated rings. The molecule has 1 aliphatic heterocycles. The standard InChI is InChI=1S/C24H34N3O7P.C2H6.FH.H2O.2H2/c1-15(2)32-19(6)18(5)26-35(30,34-20-10-8-7-9-11-20)31-14-21-16(3)17(4)23(33-21)27-13-12-22(28)25-24(27)29;1-2;;;;/h7-13,15-18,21,23H,6,14H2,1-5H3,(H,26,30)(H,25,28,29);1-2H3;1H;1H2;2*1H/t16-,17-,18-,21+,23+,35?;;;;;/m0...../s1. The number of aromatic nitrogens is 2. The normalized spacial score (nSPS) is 22.3. The second-order valence-corrected chi connectivity index (χ2v) is 10.7. The summed E-state index contributed by atoms with van der Waals surface area (Å²) in [5.74, 6) is 0.655. The van der Waals surface area contributed by atoms with E-state index in [0.29, 0.717) is 11.5 Å². The Bertz CT molecular complexity index is 1190. The topological polar surface area (TPSA) is 152 Å². The molecule has 1 saturated heterocycles. The van der Waals surface area contributed by atoms with Gasteiger partial charge < -0.3 is 19.5 Å². The summed E-state index contributed by atoms with van der Waals surface area (Å²) in [6, 6.07) is 9.45. The fourth-order valence-corrected chi connectivity index (χ4v) is 5.30. The lowest BCUT2D eigenvalue weighted by Gasteiger charge is -2.27. The molecule has 0 saturated carbocycles. The summed E-state index contributed by atoms with van der Waals surface area (Å²) in [4.78, 5) is 25.9. The molecule has 2 heterocycles. The van der Waals surface area contributed by atoms with Gasteiger partial charge in [-0.15, -0.1) is 0 Å². The van der Waals surface area contributed by atoms with Crippen LogP contribution in [-0.4, -0.2) is 39.9 Å². The lowest BCUT2D eigenvalue weighted by molar-refractivity contribution is -0.0348. The molecular weight excluding hydrogens is 532 g/mol. The van der Waals surface area contributed by atoms with Gasteiger partial charge in [0.25, 0.3) is 5.56 Å². The molecule has 4 N–H and O–H groups in total. The van der Waals surface area contributed by atoms with Gasteiger partial charge in [0.2, 0.25) is 0 Å². The molecule has 2 aromatic rings. The summed E-state index contributed by atoms with van der Waals surface area (Å²) >= 11 is 0. The van der Waals surface area contributed by atoms with Gasteiger partial charge in [0.05, 0.1) is 24.9 Å². The summed E-state index contributed by atoms with van der Waals surface area (Å²) in [5.41, 5.74) is -1.03. The minimum Gasteiger partial charge on any atom is -0.494 e. The molecule has 39 heavy (non-hydrogen) atoms. The fourth-order valence-electron chi connectivity index (χ4n) is 3.76. The second-order valence-electron chi connectivity index (χ2n) is 8.98. The van der Waals surface area contributed by atoms with Gasteiger partial charge in [-0.3, -0.25) is 23.6 Å². The van der Waals surface area contributed by atoms with E-state index in [4.69, 9.17) is 18.5 Å². The zero-order valence-corrected chi connectivity index (χ0v) is 24.5. The Morgan fingerprint density at radius 1 is 1.15 bits per heavy atom. The summed E-state index contributed by atoms with van der Waals surface area (Å²) in [6.45, 7) is 17.3. The van der Waals surface area contributed by atoms with Crippen LogP contribution in [0.5, 0.6) is 5.75 Å². The summed E-state index contributed by atoms with van der Waals surface area (Å²) in [6.07, 6.45) is 0.229. The molecule has 3 rings (SSSR count). The van der Waals surface area contributed by atoms with Crippen LogP contribution in [0.15, 0.2) is 64.5 Å². The van der Waals surface area contributed by atoms with Crippen LogP contribution in [0.3, 0.4) is 0 Å². The quantitative estimate of drug-likeness (QED) is 0.288. The number of hydrogen-bond acceptors (Lipinski definition) is 7. The average molecular weight is 580 g/mol. The maximum absolute atomic E-state index is 13.8. The van der Waals surface area contributed by atoms with E-state index in [0.717, 1.165) is 0 Å². The SMILES string of the molecule is C=C(OC(C)C)[C@H](C)NP(=O)(OC[C@H]1O[C@@H](n2ccc(=O)[nH]c2=O)[C@@H](C)[C@@H]1C)Oc1ccccc1.CC.F.O.[HH].[HH]. The minimum atomic E-state index is -3.89. The first-order valence-corrected chi connectivity index (χ1v) is 14.1. The number of halogens is 1. The van der Waals surface area contributed by atoms with E-state index in [1.807, 2.05) is 47.6 Å². The van der Waals surface area contributed by atoms with Gasteiger partial charge >= 0.3 is 13.4 Å². The lowest BCUT2D eigenvalue weighted by Crippen LogP contribution is -2.33. The van der Waals surface area contributed by atoms with Crippen molar-refractivity contribution in [2.75, 3.05) is 6.61 Å². The maximum Gasteiger partial charge on any atom is 0.459 e. The van der Waals surface area contributed by atoms with E-state index in [1.165, 1.54) is 16.8 Å². The highest BCUT2D eigenvalue weighted by molar-refractivity contribution is 7.52. The highest BCUT2D eigenvalue weighted by Gasteiger charge is 2.42. The average Bonchev–Trinajstić information content (AvgIpc) is 3.13. The van der Waals surface area contributed by atoms with E-state index in [2.05, 4.69) is 16.7 Å². The van der Waals surface area contributed by atoms with Crippen molar-refractivity contribution in [3.8, 4) is 5.75 Å². The Hall–Kier alpha value is -2.76. The number of aromatic amines is 1. The van der Waals surface area contributed by atoms with E-state index in [-0.39, 0.29) is 37.6 Å². The molecule has 11 nitrogen and oxygen atoms in total. The number of H-pyrrole nitrogens is 1. The molecular formula is C26H47FN3O8P. The first-order valence-electron chi connectivity index (χ1n) is 12.6. The molecule has 6 atom stereocenters. The first kappa shape index (κ1) is 36.2. The van der Waals surface area contributed by atoms with Crippen molar-refractivity contribution in [1.82, 2.24) is 14.6 Å². The van der Waals surface area contributed by atoms with Crippen LogP contribution in [-0.2, 0) is 18.6 Å². The van der Waals surface area contributed by atoms with Crippen LogP contribution in [0.1, 0.15) is 57.5 Å². The molecule has 0 aliphatic carbocycles. The number of ether oxygens (including phenoxy) is 2. The number of nitrogens with zero attached hydrogens (tertiary/aromatic N) is 1. The highest BCUT2D eigenvalue weighted by Crippen LogP contribution is 2.47. The predicted octanol–water partition coefficient (Wildman–Crippen LogP) is 4.67. The van der Waals surface area contributed by atoms with E-state index in [1.54, 1.807) is 31.2 Å². The van der Waals surface area contributed by atoms with Gasteiger partial charge in [0, 0.05) is 21.0 Å². The van der Waals surface area contributed by atoms with E-state index < -0.39 is 37.4 Å². The van der Waals surface area contributed by atoms with Gasteiger partial charge in [-0.1, -0.05) is 52.5 Å². The zero-order chi connectivity index (χ0) is 27.8. The molecule has 226 valence electrons. The van der Waals surface area contributed by atoms with Crippen molar-refractivity contribution in [3.05, 3.63) is 75.8 Å². The molecule has 13 heteroatoms. The van der Waals surface area contributed by atoms with Gasteiger partial charge in [-0.2, -0.15) is 0 Å². The van der Waals surface area contributed by atoms with Crippen LogP contribution >= 0.6 is 7.75 Å². The van der Waals surface area contributed by atoms with Gasteiger partial charge in [-0.25, -0.2) is 14.4 Å². The first-order chi connectivity index (χ1) is 17.5.